The zero-order valence-electron chi connectivity index (χ0n) is 10.1. The van der Waals surface area contributed by atoms with E-state index in [-0.39, 0.29) is 11.0 Å². The Morgan fingerprint density at radius 3 is 2.31 bits per heavy atom. The van der Waals surface area contributed by atoms with Crippen molar-refractivity contribution in [2.45, 2.75) is 39.7 Å². The van der Waals surface area contributed by atoms with Crippen LogP contribution in [0.5, 0.6) is 0 Å². The number of nitrogens with zero attached hydrogens (tertiary/aromatic N) is 1. The Labute approximate surface area is 94.5 Å². The highest BCUT2D eigenvalue weighted by Gasteiger charge is 2.21. The van der Waals surface area contributed by atoms with Crippen LogP contribution in [0.3, 0.4) is 0 Å². The molecule has 0 aliphatic heterocycles. The Morgan fingerprint density at radius 1 is 1.38 bits per heavy atom. The van der Waals surface area contributed by atoms with Crippen LogP contribution in [0.15, 0.2) is 16.9 Å². The van der Waals surface area contributed by atoms with Crippen molar-refractivity contribution in [3.8, 4) is 0 Å². The van der Waals surface area contributed by atoms with Gasteiger partial charge in [-0.15, -0.1) is 0 Å². The van der Waals surface area contributed by atoms with Gasteiger partial charge in [-0.25, -0.2) is 4.79 Å². The second kappa shape index (κ2) is 4.12. The molecule has 1 N–H and O–H groups in total. The quantitative estimate of drug-likeness (QED) is 0.832. The van der Waals surface area contributed by atoms with Crippen molar-refractivity contribution in [2.24, 2.45) is 0 Å². The molecule has 4 heteroatoms. The van der Waals surface area contributed by atoms with Gasteiger partial charge < -0.3 is 9.67 Å². The number of carbonyl (C=O) groups is 1. The molecule has 0 bridgehead atoms. The van der Waals surface area contributed by atoms with E-state index in [9.17, 15) is 9.59 Å². The zero-order valence-corrected chi connectivity index (χ0v) is 10.1. The van der Waals surface area contributed by atoms with Crippen molar-refractivity contribution < 1.29 is 9.90 Å². The van der Waals surface area contributed by atoms with E-state index in [0.717, 1.165) is 5.69 Å². The number of carboxylic acids is 1. The summed E-state index contributed by atoms with van der Waals surface area (Å²) in [7, 11) is 0. The summed E-state index contributed by atoms with van der Waals surface area (Å²) in [6.45, 7) is 8.30. The molecule has 4 nitrogen and oxygen atoms in total. The van der Waals surface area contributed by atoms with E-state index in [1.807, 2.05) is 27.7 Å². The lowest BCUT2D eigenvalue weighted by Crippen LogP contribution is -2.32. The van der Waals surface area contributed by atoms with E-state index in [1.165, 1.54) is 10.6 Å². The topological polar surface area (TPSA) is 59.3 Å². The smallest absolute Gasteiger partial charge is 0.341 e. The number of aromatic nitrogens is 1. The molecule has 0 aliphatic carbocycles. The van der Waals surface area contributed by atoms with E-state index in [4.69, 9.17) is 5.11 Å². The predicted octanol–water partition coefficient (Wildman–Crippen LogP) is 1.86. The molecule has 1 aromatic rings. The summed E-state index contributed by atoms with van der Waals surface area (Å²) < 4.78 is 1.52. The summed E-state index contributed by atoms with van der Waals surface area (Å²) in [6.07, 6.45) is 0. The number of rotatable bonds is 2. The van der Waals surface area contributed by atoms with Gasteiger partial charge in [0.05, 0.1) is 0 Å². The van der Waals surface area contributed by atoms with Crippen LogP contribution < -0.4 is 5.56 Å². The molecule has 0 unspecified atom stereocenters. The van der Waals surface area contributed by atoms with Gasteiger partial charge in [0.25, 0.3) is 5.56 Å². The summed E-state index contributed by atoms with van der Waals surface area (Å²) in [5.41, 5.74) is 0.0777. The summed E-state index contributed by atoms with van der Waals surface area (Å²) in [4.78, 5) is 22.7. The fourth-order valence-corrected chi connectivity index (χ4v) is 1.71. The van der Waals surface area contributed by atoms with E-state index in [2.05, 4.69) is 0 Å². The van der Waals surface area contributed by atoms with Gasteiger partial charge in [-0.3, -0.25) is 4.79 Å². The molecule has 16 heavy (non-hydrogen) atoms. The fourth-order valence-electron chi connectivity index (χ4n) is 1.71. The monoisotopic (exact) mass is 223 g/mol. The Morgan fingerprint density at radius 2 is 1.94 bits per heavy atom. The molecular weight excluding hydrogens is 206 g/mol. The van der Waals surface area contributed by atoms with Crippen LogP contribution in [0.25, 0.3) is 0 Å². The Kier molecular flexibility index (Phi) is 3.21. The van der Waals surface area contributed by atoms with Crippen LogP contribution in [0.2, 0.25) is 0 Å². The molecule has 1 heterocycles. The summed E-state index contributed by atoms with van der Waals surface area (Å²) in [5.74, 6) is -1.17. The molecule has 0 saturated heterocycles. The van der Waals surface area contributed by atoms with Gasteiger partial charge in [-0.2, -0.15) is 0 Å². The van der Waals surface area contributed by atoms with Crippen LogP contribution in [-0.2, 0) is 12.0 Å². The number of pyridine rings is 1. The number of hydrogen-bond donors (Lipinski definition) is 1. The molecule has 0 amide bonds. The molecule has 0 saturated carbocycles. The molecule has 0 radical (unpaired) electrons. The summed E-state index contributed by atoms with van der Waals surface area (Å²) >= 11 is 0. The normalized spacial score (nSPS) is 11.5. The average Bonchev–Trinajstić information content (AvgIpc) is 2.15. The molecule has 1 aromatic heterocycles. The molecule has 0 spiro atoms. The maximum Gasteiger partial charge on any atom is 0.341 e. The van der Waals surface area contributed by atoms with Crippen molar-refractivity contribution in [3.63, 3.8) is 0 Å². The molecular formula is C12H17NO3. The minimum Gasteiger partial charge on any atom is -0.477 e. The third-order valence-corrected chi connectivity index (χ3v) is 2.49. The minimum absolute atomic E-state index is 0.171. The second-order valence-corrected chi connectivity index (χ2v) is 4.74. The Bertz CT molecular complexity index is 466. The third kappa shape index (κ3) is 2.15. The van der Waals surface area contributed by atoms with Crippen LogP contribution in [0.1, 0.15) is 43.7 Å². The highest BCUT2D eigenvalue weighted by molar-refractivity contribution is 5.87. The van der Waals surface area contributed by atoms with Crippen LogP contribution >= 0.6 is 0 Å². The van der Waals surface area contributed by atoms with Gasteiger partial charge in [0, 0.05) is 17.7 Å². The molecule has 88 valence electrons. The van der Waals surface area contributed by atoms with Gasteiger partial charge in [0.1, 0.15) is 5.56 Å². The molecule has 0 atom stereocenters. The van der Waals surface area contributed by atoms with Crippen LogP contribution in [-0.4, -0.2) is 15.6 Å². The zero-order chi connectivity index (χ0) is 12.5. The van der Waals surface area contributed by atoms with E-state index in [0.29, 0.717) is 6.54 Å². The van der Waals surface area contributed by atoms with Crippen LogP contribution in [0, 0.1) is 0 Å². The van der Waals surface area contributed by atoms with Crippen molar-refractivity contribution in [1.82, 2.24) is 4.57 Å². The van der Waals surface area contributed by atoms with Crippen molar-refractivity contribution in [2.75, 3.05) is 0 Å². The maximum atomic E-state index is 11.9. The maximum absolute atomic E-state index is 11.9. The molecule has 1 rings (SSSR count). The number of hydrogen-bond acceptors (Lipinski definition) is 2. The second-order valence-electron chi connectivity index (χ2n) is 4.74. The van der Waals surface area contributed by atoms with Gasteiger partial charge in [-0.1, -0.05) is 20.8 Å². The van der Waals surface area contributed by atoms with Gasteiger partial charge in [-0.05, 0) is 19.1 Å². The van der Waals surface area contributed by atoms with Crippen molar-refractivity contribution in [3.05, 3.63) is 33.7 Å². The lowest BCUT2D eigenvalue weighted by atomic mass is 9.90. The van der Waals surface area contributed by atoms with Gasteiger partial charge >= 0.3 is 5.97 Å². The van der Waals surface area contributed by atoms with E-state index >= 15 is 0 Å². The van der Waals surface area contributed by atoms with E-state index in [1.54, 1.807) is 6.07 Å². The first-order valence-electron chi connectivity index (χ1n) is 5.26. The van der Waals surface area contributed by atoms with Gasteiger partial charge in [0.15, 0.2) is 0 Å². The first-order chi connectivity index (χ1) is 7.29. The molecule has 0 aliphatic rings. The Balaban J connectivity index is 3.54. The molecule has 0 fully saturated rings. The highest BCUT2D eigenvalue weighted by Crippen LogP contribution is 2.21. The predicted molar refractivity (Wildman–Crippen MR) is 62.0 cm³/mol. The van der Waals surface area contributed by atoms with Crippen molar-refractivity contribution in [1.29, 1.82) is 0 Å². The SMILES string of the molecule is CCn1c(C(C)(C)C)ccc(C(=O)O)c1=O. The number of aromatic carboxylic acids is 1. The lowest BCUT2D eigenvalue weighted by Gasteiger charge is -2.23. The minimum atomic E-state index is -1.17. The largest absolute Gasteiger partial charge is 0.477 e. The fraction of sp³-hybridized carbons (Fsp3) is 0.500. The van der Waals surface area contributed by atoms with Crippen LogP contribution in [0.4, 0.5) is 0 Å². The Hall–Kier alpha value is -1.58. The summed E-state index contributed by atoms with van der Waals surface area (Å²) in [6, 6.07) is 3.10. The standard InChI is InChI=1S/C12H17NO3/c1-5-13-9(12(2,3)4)7-6-8(10(13)14)11(15)16/h6-7H,5H2,1-4H3,(H,15,16). The third-order valence-electron chi connectivity index (χ3n) is 2.49. The highest BCUT2D eigenvalue weighted by atomic mass is 16.4. The van der Waals surface area contributed by atoms with Gasteiger partial charge in [0.2, 0.25) is 0 Å². The van der Waals surface area contributed by atoms with Crippen molar-refractivity contribution >= 4 is 5.97 Å². The first-order valence-corrected chi connectivity index (χ1v) is 5.26. The number of carboxylic acid groups (broad SMARTS) is 1. The molecule has 0 aromatic carbocycles. The lowest BCUT2D eigenvalue weighted by molar-refractivity contribution is 0.0694. The van der Waals surface area contributed by atoms with E-state index < -0.39 is 11.5 Å². The average molecular weight is 223 g/mol. The first kappa shape index (κ1) is 12.5. The summed E-state index contributed by atoms with van der Waals surface area (Å²) in [5, 5.41) is 8.87.